The molecule has 1 aromatic carbocycles. The van der Waals surface area contributed by atoms with E-state index in [0.717, 1.165) is 10.6 Å². The Morgan fingerprint density at radius 2 is 1.86 bits per heavy atom. The number of thiol groups is 1. The molecule has 0 bridgehead atoms. The molecule has 0 radical (unpaired) electrons. The van der Waals surface area contributed by atoms with Crippen LogP contribution in [0, 0.1) is 17.5 Å². The first-order chi connectivity index (χ1) is 10.1. The number of benzene rings is 1. The van der Waals surface area contributed by atoms with Crippen molar-refractivity contribution in [3.63, 3.8) is 0 Å². The smallest absolute Gasteiger partial charge is 0.211 e. The van der Waals surface area contributed by atoms with Gasteiger partial charge < -0.3 is 0 Å². The van der Waals surface area contributed by atoms with E-state index in [1.807, 2.05) is 0 Å². The topological polar surface area (TPSA) is 54.5 Å². The van der Waals surface area contributed by atoms with E-state index >= 15 is 0 Å². The molecular weight excluding hydrogens is 339 g/mol. The maximum Gasteiger partial charge on any atom is 0.211 e. The zero-order valence-electron chi connectivity index (χ0n) is 11.6. The second-order valence-corrected chi connectivity index (χ2v) is 7.90. The van der Waals surface area contributed by atoms with E-state index in [9.17, 15) is 26.4 Å². The predicted molar refractivity (Wildman–Crippen MR) is 77.8 cm³/mol. The van der Waals surface area contributed by atoms with Crippen molar-refractivity contribution in [3.05, 3.63) is 35.1 Å². The second kappa shape index (κ2) is 6.21. The number of halogens is 3. The first kappa shape index (κ1) is 17.3. The van der Waals surface area contributed by atoms with Crippen LogP contribution in [0.1, 0.15) is 12.0 Å². The molecule has 2 atom stereocenters. The molecule has 4 nitrogen and oxygen atoms in total. The van der Waals surface area contributed by atoms with Gasteiger partial charge >= 0.3 is 0 Å². The molecule has 1 fully saturated rings. The average Bonchev–Trinajstić information content (AvgIpc) is 2.78. The van der Waals surface area contributed by atoms with Crippen LogP contribution in [0.3, 0.4) is 0 Å². The van der Waals surface area contributed by atoms with Crippen molar-refractivity contribution in [1.82, 2.24) is 4.31 Å². The molecule has 1 aliphatic heterocycles. The second-order valence-electron chi connectivity index (χ2n) is 5.24. The molecule has 0 aliphatic carbocycles. The summed E-state index contributed by atoms with van der Waals surface area (Å²) in [6, 6.07) is 0.00745. The largest absolute Gasteiger partial charge is 0.298 e. The lowest BCUT2D eigenvalue weighted by Crippen LogP contribution is -2.40. The van der Waals surface area contributed by atoms with E-state index in [0.29, 0.717) is 12.1 Å². The number of sulfonamides is 1. The molecule has 0 aromatic heterocycles. The Labute approximate surface area is 131 Å². The molecule has 1 saturated heterocycles. The van der Waals surface area contributed by atoms with Crippen LogP contribution in [-0.2, 0) is 21.2 Å². The Kier molecular flexibility index (Phi) is 4.88. The van der Waals surface area contributed by atoms with Gasteiger partial charge in [0.25, 0.3) is 0 Å². The van der Waals surface area contributed by atoms with Crippen molar-refractivity contribution in [2.45, 2.75) is 24.1 Å². The first-order valence-electron chi connectivity index (χ1n) is 6.40. The van der Waals surface area contributed by atoms with E-state index in [1.165, 1.54) is 0 Å². The lowest BCUT2D eigenvalue weighted by molar-refractivity contribution is -0.121. The summed E-state index contributed by atoms with van der Waals surface area (Å²) in [7, 11) is -3.61. The average molecular weight is 353 g/mol. The van der Waals surface area contributed by atoms with Crippen LogP contribution < -0.4 is 0 Å². The van der Waals surface area contributed by atoms with Crippen LogP contribution in [-0.4, -0.2) is 42.6 Å². The van der Waals surface area contributed by atoms with Crippen LogP contribution in [0.4, 0.5) is 13.2 Å². The summed E-state index contributed by atoms with van der Waals surface area (Å²) >= 11 is 4.17. The molecule has 9 heteroatoms. The van der Waals surface area contributed by atoms with Crippen molar-refractivity contribution in [2.75, 3.05) is 12.8 Å². The van der Waals surface area contributed by atoms with Crippen molar-refractivity contribution in [1.29, 1.82) is 0 Å². The summed E-state index contributed by atoms with van der Waals surface area (Å²) in [6.07, 6.45) is 0.651. The van der Waals surface area contributed by atoms with Gasteiger partial charge in [-0.25, -0.2) is 21.6 Å². The predicted octanol–water partition coefficient (Wildman–Crippen LogP) is 1.55. The molecule has 0 saturated carbocycles. The highest BCUT2D eigenvalue weighted by atomic mass is 32.2. The Balaban J connectivity index is 2.23. The van der Waals surface area contributed by atoms with E-state index in [2.05, 4.69) is 12.6 Å². The summed E-state index contributed by atoms with van der Waals surface area (Å²) in [5.74, 6) is -4.23. The van der Waals surface area contributed by atoms with Gasteiger partial charge in [-0.1, -0.05) is 0 Å². The number of carbonyl (C=O) groups is 1. The Hall–Kier alpha value is -1.06. The lowest BCUT2D eigenvalue weighted by Gasteiger charge is -2.20. The van der Waals surface area contributed by atoms with Gasteiger partial charge in [-0.05, 0) is 18.1 Å². The quantitative estimate of drug-likeness (QED) is 0.660. The number of carbonyl (C=O) groups excluding carboxylic acids is 1. The third kappa shape index (κ3) is 3.64. The zero-order valence-corrected chi connectivity index (χ0v) is 13.3. The Morgan fingerprint density at radius 3 is 2.45 bits per heavy atom. The molecule has 0 unspecified atom stereocenters. The standard InChI is InChI=1S/C13H14F3NO3S2/c1-22(19,20)17-6-8(21)4-12(17)13(18)3-7-2-10(15)11(16)5-9(7)14/h2,5,8,12,21H,3-4,6H2,1H3/t8-,12+/m1/s1. The van der Waals surface area contributed by atoms with Gasteiger partial charge in [0.2, 0.25) is 10.0 Å². The number of rotatable bonds is 4. The van der Waals surface area contributed by atoms with Gasteiger partial charge in [-0.3, -0.25) is 4.79 Å². The summed E-state index contributed by atoms with van der Waals surface area (Å²) in [5, 5.41) is -0.307. The number of hydrogen-bond donors (Lipinski definition) is 1. The minimum absolute atomic E-state index is 0.0820. The van der Waals surface area contributed by atoms with Gasteiger partial charge in [-0.15, -0.1) is 0 Å². The zero-order chi connectivity index (χ0) is 16.7. The number of Topliss-reactive ketones (excluding diaryl/α,β-unsaturated/α-hetero) is 1. The van der Waals surface area contributed by atoms with Crippen LogP contribution in [0.25, 0.3) is 0 Å². The van der Waals surface area contributed by atoms with Crippen LogP contribution in [0.15, 0.2) is 12.1 Å². The molecule has 1 aromatic rings. The molecule has 2 rings (SSSR count). The normalized spacial score (nSPS) is 23.0. The minimum atomic E-state index is -3.61. The Bertz CT molecular complexity index is 709. The fraction of sp³-hybridized carbons (Fsp3) is 0.462. The van der Waals surface area contributed by atoms with Crippen molar-refractivity contribution >= 4 is 28.4 Å². The number of ketones is 1. The lowest BCUT2D eigenvalue weighted by atomic mass is 10.0. The fourth-order valence-corrected chi connectivity index (χ4v) is 4.05. The molecule has 0 spiro atoms. The summed E-state index contributed by atoms with van der Waals surface area (Å²) in [5.41, 5.74) is -0.306. The summed E-state index contributed by atoms with van der Waals surface area (Å²) in [6.45, 7) is 0.0820. The molecule has 122 valence electrons. The molecule has 22 heavy (non-hydrogen) atoms. The molecule has 1 heterocycles. The third-order valence-electron chi connectivity index (χ3n) is 3.49. The van der Waals surface area contributed by atoms with Gasteiger partial charge in [0.05, 0.1) is 12.3 Å². The van der Waals surface area contributed by atoms with Crippen LogP contribution in [0.2, 0.25) is 0 Å². The molecular formula is C13H14F3NO3S2. The highest BCUT2D eigenvalue weighted by Gasteiger charge is 2.40. The van der Waals surface area contributed by atoms with E-state index in [4.69, 9.17) is 0 Å². The maximum atomic E-state index is 13.6. The van der Waals surface area contributed by atoms with Crippen molar-refractivity contribution < 1.29 is 26.4 Å². The van der Waals surface area contributed by atoms with Crippen molar-refractivity contribution in [3.8, 4) is 0 Å². The SMILES string of the molecule is CS(=O)(=O)N1C[C@H](S)C[C@H]1C(=O)Cc1cc(F)c(F)cc1F. The van der Waals surface area contributed by atoms with Crippen LogP contribution in [0.5, 0.6) is 0 Å². The number of hydrogen-bond acceptors (Lipinski definition) is 4. The van der Waals surface area contributed by atoms with Gasteiger partial charge in [0, 0.05) is 24.3 Å². The van der Waals surface area contributed by atoms with E-state index in [-0.39, 0.29) is 23.8 Å². The number of nitrogens with zero attached hydrogens (tertiary/aromatic N) is 1. The first-order valence-corrected chi connectivity index (χ1v) is 8.77. The third-order valence-corrected chi connectivity index (χ3v) is 5.11. The van der Waals surface area contributed by atoms with Crippen LogP contribution >= 0.6 is 12.6 Å². The maximum absolute atomic E-state index is 13.6. The molecule has 1 aliphatic rings. The van der Waals surface area contributed by atoms with Gasteiger partial charge in [0.15, 0.2) is 17.4 Å². The highest BCUT2D eigenvalue weighted by molar-refractivity contribution is 7.88. The van der Waals surface area contributed by atoms with E-state index in [1.54, 1.807) is 0 Å². The van der Waals surface area contributed by atoms with Gasteiger partial charge in [-0.2, -0.15) is 16.9 Å². The minimum Gasteiger partial charge on any atom is -0.298 e. The summed E-state index contributed by atoms with van der Waals surface area (Å²) < 4.78 is 63.9. The van der Waals surface area contributed by atoms with Crippen molar-refractivity contribution in [2.24, 2.45) is 0 Å². The highest BCUT2D eigenvalue weighted by Crippen LogP contribution is 2.26. The van der Waals surface area contributed by atoms with Gasteiger partial charge in [0.1, 0.15) is 5.82 Å². The monoisotopic (exact) mass is 353 g/mol. The molecule has 0 amide bonds. The van der Waals surface area contributed by atoms with E-state index < -0.39 is 45.7 Å². The fourth-order valence-electron chi connectivity index (χ4n) is 2.45. The Morgan fingerprint density at radius 1 is 1.27 bits per heavy atom. The molecule has 0 N–H and O–H groups in total. The summed E-state index contributed by atoms with van der Waals surface area (Å²) in [4.78, 5) is 12.2.